The van der Waals surface area contributed by atoms with Gasteiger partial charge < -0.3 is 20.6 Å². The number of anilines is 3. The van der Waals surface area contributed by atoms with Gasteiger partial charge in [0.15, 0.2) is 0 Å². The van der Waals surface area contributed by atoms with Gasteiger partial charge >= 0.3 is 6.09 Å². The van der Waals surface area contributed by atoms with Gasteiger partial charge in [-0.05, 0) is 25.2 Å². The quantitative estimate of drug-likeness (QED) is 0.685. The lowest BCUT2D eigenvalue weighted by molar-refractivity contribution is 0.210. The Kier molecular flexibility index (Phi) is 3.57. The second kappa shape index (κ2) is 5.14. The highest BCUT2D eigenvalue weighted by Gasteiger charge is 2.15. The van der Waals surface area contributed by atoms with Gasteiger partial charge in [0.05, 0.1) is 11.4 Å². The van der Waals surface area contributed by atoms with Crippen molar-refractivity contribution in [2.75, 3.05) is 49.2 Å². The highest BCUT2D eigenvalue weighted by atomic mass is 16.4. The minimum Gasteiger partial charge on any atom is -0.465 e. The molecule has 0 spiro atoms. The summed E-state index contributed by atoms with van der Waals surface area (Å²) in [7, 11) is 2.09. The van der Waals surface area contributed by atoms with Crippen molar-refractivity contribution in [2.24, 2.45) is 0 Å². The highest BCUT2D eigenvalue weighted by Crippen LogP contribution is 2.26. The van der Waals surface area contributed by atoms with Crippen molar-refractivity contribution in [3.8, 4) is 0 Å². The monoisotopic (exact) mass is 250 g/mol. The van der Waals surface area contributed by atoms with Crippen molar-refractivity contribution >= 4 is 23.2 Å². The maximum absolute atomic E-state index is 10.7. The summed E-state index contributed by atoms with van der Waals surface area (Å²) in [6, 6.07) is 5.45. The van der Waals surface area contributed by atoms with E-state index in [4.69, 9.17) is 10.8 Å². The zero-order chi connectivity index (χ0) is 13.1. The van der Waals surface area contributed by atoms with Crippen molar-refractivity contribution in [1.82, 2.24) is 4.90 Å². The number of hydrogen-bond acceptors (Lipinski definition) is 4. The number of amides is 1. The lowest BCUT2D eigenvalue weighted by Gasteiger charge is -2.34. The summed E-state index contributed by atoms with van der Waals surface area (Å²) in [5, 5.41) is 11.1. The molecular formula is C12H18N4O2. The van der Waals surface area contributed by atoms with Crippen LogP contribution in [0.2, 0.25) is 0 Å². The lowest BCUT2D eigenvalue weighted by Crippen LogP contribution is -2.44. The standard InChI is InChI=1S/C12H18N4O2/c1-15-4-6-16(7-5-15)9-2-3-10(13)11(8-9)14-12(17)18/h2-3,8,14H,4-7,13H2,1H3,(H,17,18). The third-order valence-corrected chi connectivity index (χ3v) is 3.15. The van der Waals surface area contributed by atoms with E-state index in [1.165, 1.54) is 0 Å². The first-order valence-corrected chi connectivity index (χ1v) is 5.89. The van der Waals surface area contributed by atoms with E-state index in [1.807, 2.05) is 6.07 Å². The number of carbonyl (C=O) groups is 1. The van der Waals surface area contributed by atoms with Crippen LogP contribution in [-0.4, -0.2) is 49.3 Å². The molecule has 1 aromatic rings. The van der Waals surface area contributed by atoms with Crippen molar-refractivity contribution in [1.29, 1.82) is 0 Å². The number of rotatable bonds is 2. The van der Waals surface area contributed by atoms with Gasteiger partial charge in [0.1, 0.15) is 0 Å². The molecule has 1 amide bonds. The van der Waals surface area contributed by atoms with Crippen LogP contribution in [0.3, 0.4) is 0 Å². The summed E-state index contributed by atoms with van der Waals surface area (Å²) >= 11 is 0. The van der Waals surface area contributed by atoms with E-state index in [0.29, 0.717) is 11.4 Å². The van der Waals surface area contributed by atoms with E-state index in [9.17, 15) is 4.79 Å². The van der Waals surface area contributed by atoms with Gasteiger partial charge in [-0.3, -0.25) is 5.32 Å². The normalized spacial score (nSPS) is 16.6. The van der Waals surface area contributed by atoms with Crippen LogP contribution in [0.25, 0.3) is 0 Å². The van der Waals surface area contributed by atoms with Gasteiger partial charge in [0.2, 0.25) is 0 Å². The lowest BCUT2D eigenvalue weighted by atomic mass is 10.2. The first-order chi connectivity index (χ1) is 8.56. The van der Waals surface area contributed by atoms with Gasteiger partial charge in [0.25, 0.3) is 0 Å². The van der Waals surface area contributed by atoms with Crippen LogP contribution in [0.4, 0.5) is 21.9 Å². The number of nitrogens with zero attached hydrogens (tertiary/aromatic N) is 2. The summed E-state index contributed by atoms with van der Waals surface area (Å²) in [6.07, 6.45) is -1.10. The Labute approximate surface area is 106 Å². The third kappa shape index (κ3) is 2.84. The summed E-state index contributed by atoms with van der Waals surface area (Å²) < 4.78 is 0. The zero-order valence-electron chi connectivity index (χ0n) is 10.4. The van der Waals surface area contributed by atoms with Crippen LogP contribution < -0.4 is 16.0 Å². The maximum Gasteiger partial charge on any atom is 0.409 e. The Balaban J connectivity index is 2.16. The summed E-state index contributed by atoms with van der Waals surface area (Å²) in [5.41, 5.74) is 7.62. The molecule has 0 atom stereocenters. The molecule has 6 nitrogen and oxygen atoms in total. The predicted molar refractivity (Wildman–Crippen MR) is 72.2 cm³/mol. The second-order valence-corrected chi connectivity index (χ2v) is 4.49. The number of nitrogens with two attached hydrogens (primary N) is 1. The summed E-state index contributed by atoms with van der Waals surface area (Å²) in [4.78, 5) is 15.2. The van der Waals surface area contributed by atoms with E-state index in [-0.39, 0.29) is 0 Å². The smallest absolute Gasteiger partial charge is 0.409 e. The first-order valence-electron chi connectivity index (χ1n) is 5.89. The molecule has 98 valence electrons. The number of likely N-dealkylation sites (N-methyl/N-ethyl adjacent to an activating group) is 1. The average molecular weight is 250 g/mol. The Hall–Kier alpha value is -1.95. The Morgan fingerprint density at radius 3 is 2.61 bits per heavy atom. The summed E-state index contributed by atoms with van der Waals surface area (Å²) in [5.74, 6) is 0. The number of nitrogens with one attached hydrogen (secondary N) is 1. The number of hydrogen-bond donors (Lipinski definition) is 3. The molecule has 4 N–H and O–H groups in total. The number of carboxylic acid groups (broad SMARTS) is 1. The van der Waals surface area contributed by atoms with Crippen LogP contribution in [0.5, 0.6) is 0 Å². The van der Waals surface area contributed by atoms with Gasteiger partial charge in [-0.15, -0.1) is 0 Å². The number of nitrogen functional groups attached to an aromatic ring is 1. The second-order valence-electron chi connectivity index (χ2n) is 4.49. The Morgan fingerprint density at radius 2 is 2.00 bits per heavy atom. The molecule has 6 heteroatoms. The van der Waals surface area contributed by atoms with Crippen molar-refractivity contribution in [2.45, 2.75) is 0 Å². The average Bonchev–Trinajstić information content (AvgIpc) is 2.32. The van der Waals surface area contributed by atoms with Gasteiger partial charge in [-0.1, -0.05) is 0 Å². The largest absolute Gasteiger partial charge is 0.465 e. The van der Waals surface area contributed by atoms with Crippen LogP contribution in [-0.2, 0) is 0 Å². The molecule has 0 radical (unpaired) electrons. The molecule has 1 saturated heterocycles. The Bertz CT molecular complexity index is 442. The van der Waals surface area contributed by atoms with Gasteiger partial charge in [-0.2, -0.15) is 0 Å². The van der Waals surface area contributed by atoms with Crippen LogP contribution in [0, 0.1) is 0 Å². The van der Waals surface area contributed by atoms with Crippen LogP contribution >= 0.6 is 0 Å². The van der Waals surface area contributed by atoms with E-state index in [1.54, 1.807) is 12.1 Å². The fourth-order valence-electron chi connectivity index (χ4n) is 2.03. The van der Waals surface area contributed by atoms with E-state index in [2.05, 4.69) is 22.2 Å². The molecule has 1 aliphatic rings. The first kappa shape index (κ1) is 12.5. The molecule has 1 aromatic carbocycles. The van der Waals surface area contributed by atoms with Crippen molar-refractivity contribution in [3.05, 3.63) is 18.2 Å². The van der Waals surface area contributed by atoms with Crippen LogP contribution in [0.1, 0.15) is 0 Å². The number of piperazine rings is 1. The van der Waals surface area contributed by atoms with Crippen LogP contribution in [0.15, 0.2) is 18.2 Å². The highest BCUT2D eigenvalue weighted by molar-refractivity contribution is 5.89. The predicted octanol–water partition coefficient (Wildman–Crippen LogP) is 1.11. The van der Waals surface area contributed by atoms with Gasteiger partial charge in [-0.25, -0.2) is 4.79 Å². The molecular weight excluding hydrogens is 232 g/mol. The van der Waals surface area contributed by atoms with E-state index < -0.39 is 6.09 Å². The van der Waals surface area contributed by atoms with Gasteiger partial charge in [0, 0.05) is 31.9 Å². The molecule has 0 aliphatic carbocycles. The summed E-state index contributed by atoms with van der Waals surface area (Å²) in [6.45, 7) is 3.89. The van der Waals surface area contributed by atoms with Crippen molar-refractivity contribution in [3.63, 3.8) is 0 Å². The molecule has 0 aromatic heterocycles. The molecule has 0 bridgehead atoms. The third-order valence-electron chi connectivity index (χ3n) is 3.15. The fraction of sp³-hybridized carbons (Fsp3) is 0.417. The molecule has 1 fully saturated rings. The van der Waals surface area contributed by atoms with E-state index in [0.717, 1.165) is 31.9 Å². The number of benzene rings is 1. The SMILES string of the molecule is CN1CCN(c2ccc(N)c(NC(=O)O)c2)CC1. The molecule has 0 unspecified atom stereocenters. The van der Waals surface area contributed by atoms with Crippen molar-refractivity contribution < 1.29 is 9.90 Å². The van der Waals surface area contributed by atoms with E-state index >= 15 is 0 Å². The zero-order valence-corrected chi connectivity index (χ0v) is 10.4. The molecule has 18 heavy (non-hydrogen) atoms. The minimum atomic E-state index is -1.10. The molecule has 0 saturated carbocycles. The molecule has 2 rings (SSSR count). The fourth-order valence-corrected chi connectivity index (χ4v) is 2.03. The Morgan fingerprint density at radius 1 is 1.33 bits per heavy atom. The molecule has 1 heterocycles. The maximum atomic E-state index is 10.7. The minimum absolute atomic E-state index is 0.440. The topological polar surface area (TPSA) is 81.8 Å². The molecule has 1 aliphatic heterocycles.